The van der Waals surface area contributed by atoms with E-state index in [-0.39, 0.29) is 30.9 Å². The predicted octanol–water partition coefficient (Wildman–Crippen LogP) is 5.41. The molecule has 1 rings (SSSR count). The van der Waals surface area contributed by atoms with Gasteiger partial charge in [-0.1, -0.05) is 69.6 Å². The van der Waals surface area contributed by atoms with Gasteiger partial charge in [0.2, 0.25) is 16.3 Å². The molecule has 0 aliphatic carbocycles. The minimum absolute atomic E-state index is 0.0652. The van der Waals surface area contributed by atoms with Gasteiger partial charge in [-0.05, 0) is 6.92 Å². The van der Waals surface area contributed by atoms with Crippen LogP contribution < -0.4 is 4.74 Å². The summed E-state index contributed by atoms with van der Waals surface area (Å²) in [5.41, 5.74) is 0. The first kappa shape index (κ1) is 15.4. The second-order valence-corrected chi connectivity index (χ2v) is 7.10. The Kier molecular flexibility index (Phi) is 5.29. The third-order valence-electron chi connectivity index (χ3n) is 1.47. The van der Waals surface area contributed by atoms with Crippen LogP contribution in [-0.4, -0.2) is 20.2 Å². The highest BCUT2D eigenvalue weighted by atomic mass is 35.5. The summed E-state index contributed by atoms with van der Waals surface area (Å²) in [7, 11) is 0. The topological polar surface area (TPSA) is 9.23 Å². The van der Waals surface area contributed by atoms with Gasteiger partial charge in [0.05, 0.1) is 19.0 Å². The lowest BCUT2D eigenvalue weighted by molar-refractivity contribution is 0.262. The number of hydrogen-bond acceptors (Lipinski definition) is 1. The molecule has 0 saturated heterocycles. The minimum Gasteiger partial charge on any atom is -0.488 e. The van der Waals surface area contributed by atoms with E-state index in [0.29, 0.717) is 0 Å². The molecule has 1 aromatic carbocycles. The maximum atomic E-state index is 5.93. The summed E-state index contributed by atoms with van der Waals surface area (Å²) in [5, 5.41) is 0.341. The number of halogens is 6. The van der Waals surface area contributed by atoms with E-state index in [9.17, 15) is 0 Å². The van der Waals surface area contributed by atoms with Crippen molar-refractivity contribution in [1.29, 1.82) is 0 Å². The Morgan fingerprint density at radius 1 is 0.875 bits per heavy atom. The Morgan fingerprint density at radius 3 is 1.50 bits per heavy atom. The van der Waals surface area contributed by atoms with Crippen molar-refractivity contribution in [1.82, 2.24) is 0 Å². The zero-order chi connectivity index (χ0) is 12.7. The predicted molar refractivity (Wildman–Crippen MR) is 72.1 cm³/mol. The summed E-state index contributed by atoms with van der Waals surface area (Å²) < 4.78 is 4.24. The number of benzene rings is 1. The van der Waals surface area contributed by atoms with E-state index in [1.807, 2.05) is 0 Å². The second kappa shape index (κ2) is 5.51. The van der Waals surface area contributed by atoms with Crippen LogP contribution in [0.3, 0.4) is 0 Å². The zero-order valence-corrected chi connectivity index (χ0v) is 13.4. The van der Waals surface area contributed by atoms with Crippen LogP contribution in [0.4, 0.5) is 0 Å². The Hall–Kier alpha value is 1.29. The van der Waals surface area contributed by atoms with Gasteiger partial charge in [0.15, 0.2) is 5.75 Å². The van der Waals surface area contributed by atoms with Crippen molar-refractivity contribution < 1.29 is 4.74 Å². The Bertz CT molecular complexity index is 399. The molecule has 16 heavy (non-hydrogen) atoms. The molecule has 0 heterocycles. The molecule has 0 saturated carbocycles. The highest BCUT2D eigenvalue weighted by molar-refractivity contribution is 6.55. The molecule has 8 heteroatoms. The van der Waals surface area contributed by atoms with E-state index in [0.717, 1.165) is 0 Å². The van der Waals surface area contributed by atoms with Gasteiger partial charge in [-0.2, -0.15) is 0 Å². The van der Waals surface area contributed by atoms with Crippen LogP contribution in [-0.2, 0) is 0 Å². The van der Waals surface area contributed by atoms with E-state index in [4.69, 9.17) is 74.3 Å². The summed E-state index contributed by atoms with van der Waals surface area (Å²) in [4.78, 5) is 0. The number of rotatable bonds is 2. The zero-order valence-electron chi connectivity index (χ0n) is 7.75. The van der Waals surface area contributed by atoms with Crippen molar-refractivity contribution in [3.63, 3.8) is 0 Å². The van der Waals surface area contributed by atoms with Crippen molar-refractivity contribution in [3.05, 3.63) is 25.1 Å². The molecule has 0 aliphatic heterocycles. The lowest BCUT2D eigenvalue weighted by Crippen LogP contribution is -2.25. The van der Waals surface area contributed by atoms with Crippen molar-refractivity contribution in [2.45, 2.75) is 10.8 Å². The Labute approximate surface area is 131 Å². The fraction of sp³-hybridized carbons (Fsp3) is 0.250. The quantitative estimate of drug-likeness (QED) is 0.298. The van der Waals surface area contributed by atoms with Crippen molar-refractivity contribution in [3.8, 4) is 5.75 Å². The van der Waals surface area contributed by atoms with Crippen molar-refractivity contribution in [2.75, 3.05) is 0 Å². The van der Waals surface area contributed by atoms with Crippen LogP contribution in [0.2, 0.25) is 25.1 Å². The Morgan fingerprint density at radius 2 is 1.19 bits per heavy atom. The summed E-state index contributed by atoms with van der Waals surface area (Å²) in [5.74, 6) is 0.0928. The molecule has 1 aromatic rings. The van der Waals surface area contributed by atoms with Gasteiger partial charge in [0.25, 0.3) is 0 Å². The molecule has 1 unspecified atom stereocenters. The SMILES string of the molecule is C[C]([Al])(Cl)Oc1c(Cl)c(Cl)c(Cl)c(Cl)c1Cl. The second-order valence-electron chi connectivity index (χ2n) is 2.99. The van der Waals surface area contributed by atoms with Gasteiger partial charge in [-0.15, -0.1) is 0 Å². The summed E-state index contributed by atoms with van der Waals surface area (Å²) in [6, 6.07) is 0. The monoisotopic (exact) mass is 352 g/mol. The number of hydrogen-bond donors (Lipinski definition) is 0. The van der Waals surface area contributed by atoms with Crippen LogP contribution in [0.5, 0.6) is 5.75 Å². The molecule has 1 atom stereocenters. The third kappa shape index (κ3) is 3.40. The molecule has 0 bridgehead atoms. The lowest BCUT2D eigenvalue weighted by atomic mass is 10.3. The van der Waals surface area contributed by atoms with E-state index >= 15 is 0 Å². The van der Waals surface area contributed by atoms with Crippen molar-refractivity contribution >= 4 is 85.9 Å². The number of alkyl halides is 1. The van der Waals surface area contributed by atoms with Crippen LogP contribution in [0, 0.1) is 0 Å². The molecular formula is C8H3AlCl6O. The van der Waals surface area contributed by atoms with Gasteiger partial charge >= 0.3 is 0 Å². The van der Waals surface area contributed by atoms with Gasteiger partial charge in [-0.3, -0.25) is 0 Å². The smallest absolute Gasteiger partial charge is 0.226 e. The normalized spacial score (nSPS) is 14.7. The molecule has 86 valence electrons. The molecule has 0 fully saturated rings. The summed E-state index contributed by atoms with van der Waals surface area (Å²) in [6.07, 6.45) is 0. The maximum absolute atomic E-state index is 5.93. The summed E-state index contributed by atoms with van der Waals surface area (Å²) >= 11 is 37.5. The average molecular weight is 355 g/mol. The molecule has 0 aromatic heterocycles. The van der Waals surface area contributed by atoms with Gasteiger partial charge < -0.3 is 4.74 Å². The molecule has 0 N–H and O–H groups in total. The molecule has 1 nitrogen and oxygen atoms in total. The first-order valence-corrected chi connectivity index (χ1v) is 6.68. The fourth-order valence-electron chi connectivity index (χ4n) is 0.874. The largest absolute Gasteiger partial charge is 0.488 e. The van der Waals surface area contributed by atoms with Crippen LogP contribution in [0.1, 0.15) is 6.92 Å². The van der Waals surface area contributed by atoms with Gasteiger partial charge in [0, 0.05) is 0 Å². The van der Waals surface area contributed by atoms with E-state index in [1.54, 1.807) is 6.92 Å². The van der Waals surface area contributed by atoms with Crippen LogP contribution >= 0.6 is 69.6 Å². The Balaban J connectivity index is 3.40. The van der Waals surface area contributed by atoms with E-state index in [2.05, 4.69) is 16.3 Å². The first-order valence-electron chi connectivity index (χ1n) is 3.83. The van der Waals surface area contributed by atoms with E-state index in [1.165, 1.54) is 0 Å². The third-order valence-corrected chi connectivity index (χ3v) is 3.91. The van der Waals surface area contributed by atoms with Crippen molar-refractivity contribution in [2.24, 2.45) is 0 Å². The average Bonchev–Trinajstić information content (AvgIpc) is 2.17. The maximum Gasteiger partial charge on any atom is 0.226 e. The van der Waals surface area contributed by atoms with Gasteiger partial charge in [0.1, 0.15) is 10.0 Å². The molecule has 0 spiro atoms. The molecular weight excluding hydrogens is 352 g/mol. The molecule has 2 radical (unpaired) electrons. The highest BCUT2D eigenvalue weighted by Gasteiger charge is 2.24. The van der Waals surface area contributed by atoms with Crippen LogP contribution in [0.25, 0.3) is 0 Å². The highest BCUT2D eigenvalue weighted by Crippen LogP contribution is 2.49. The molecule has 0 aliphatic rings. The van der Waals surface area contributed by atoms with Crippen LogP contribution in [0.15, 0.2) is 0 Å². The standard InChI is InChI=1S/C8H3Cl6O.Al/c1-2(9)15-8-6(13)4(11)3(10)5(12)7(8)14;/h1H3;. The van der Waals surface area contributed by atoms with E-state index < -0.39 is 3.92 Å². The molecule has 0 amide bonds. The lowest BCUT2D eigenvalue weighted by Gasteiger charge is -2.23. The fourth-order valence-corrected chi connectivity index (χ4v) is 2.27. The first-order chi connectivity index (χ1) is 7.15. The van der Waals surface area contributed by atoms with Gasteiger partial charge in [-0.25, -0.2) is 0 Å². The minimum atomic E-state index is -1.08. The number of ether oxygens (including phenoxy) is 1. The summed E-state index contributed by atoms with van der Waals surface area (Å²) in [6.45, 7) is 1.59.